The molecular weight excluding hydrogens is 263 g/mol. The third-order valence-corrected chi connectivity index (χ3v) is 3.78. The lowest BCUT2D eigenvalue weighted by Gasteiger charge is -2.28. The van der Waals surface area contributed by atoms with Crippen LogP contribution in [0.3, 0.4) is 0 Å². The van der Waals surface area contributed by atoms with Crippen molar-refractivity contribution in [3.8, 4) is 0 Å². The Morgan fingerprint density at radius 3 is 2.43 bits per heavy atom. The summed E-state index contributed by atoms with van der Waals surface area (Å²) in [5.74, 6) is -0.237. The van der Waals surface area contributed by atoms with Crippen molar-refractivity contribution in [1.29, 1.82) is 0 Å². The molecule has 0 aromatic heterocycles. The lowest BCUT2D eigenvalue weighted by atomic mass is 10.1. The summed E-state index contributed by atoms with van der Waals surface area (Å²) in [7, 11) is 0. The third-order valence-electron chi connectivity index (χ3n) is 3.78. The van der Waals surface area contributed by atoms with Gasteiger partial charge in [0.25, 0.3) is 0 Å². The van der Waals surface area contributed by atoms with Crippen molar-refractivity contribution in [2.75, 3.05) is 18.0 Å². The van der Waals surface area contributed by atoms with E-state index >= 15 is 0 Å². The summed E-state index contributed by atoms with van der Waals surface area (Å²) >= 11 is 0. The molecular formula is C18H19FN2. The van der Waals surface area contributed by atoms with E-state index in [4.69, 9.17) is 0 Å². The third kappa shape index (κ3) is 3.69. The Bertz CT molecular complexity index is 613. The lowest BCUT2D eigenvalue weighted by Crippen LogP contribution is -2.29. The van der Waals surface area contributed by atoms with Gasteiger partial charge in [-0.2, -0.15) is 0 Å². The number of piperidine rings is 1. The molecule has 0 atom stereocenters. The van der Waals surface area contributed by atoms with E-state index in [1.54, 1.807) is 12.3 Å². The molecule has 2 aromatic rings. The standard InChI is InChI=1S/C18H19FN2/c19-16-6-4-5-15(13-16)14-20-17-7-9-18(10-8-17)21-11-2-1-3-12-21/h4-10,13-14H,1-3,11-12H2. The normalized spacial score (nSPS) is 15.6. The minimum Gasteiger partial charge on any atom is -0.372 e. The van der Waals surface area contributed by atoms with Crippen molar-refractivity contribution < 1.29 is 4.39 Å². The van der Waals surface area contributed by atoms with Gasteiger partial charge in [0.1, 0.15) is 5.82 Å². The van der Waals surface area contributed by atoms with Crippen molar-refractivity contribution in [2.45, 2.75) is 19.3 Å². The van der Waals surface area contributed by atoms with E-state index in [1.807, 2.05) is 18.2 Å². The van der Waals surface area contributed by atoms with Crippen LogP contribution in [0.15, 0.2) is 53.5 Å². The monoisotopic (exact) mass is 282 g/mol. The molecule has 1 aliphatic rings. The fraction of sp³-hybridized carbons (Fsp3) is 0.278. The maximum Gasteiger partial charge on any atom is 0.123 e. The van der Waals surface area contributed by atoms with Gasteiger partial charge in [0, 0.05) is 25.0 Å². The van der Waals surface area contributed by atoms with E-state index in [9.17, 15) is 4.39 Å². The van der Waals surface area contributed by atoms with Crippen LogP contribution >= 0.6 is 0 Å². The van der Waals surface area contributed by atoms with Crippen LogP contribution < -0.4 is 4.90 Å². The number of anilines is 1. The van der Waals surface area contributed by atoms with Crippen molar-refractivity contribution in [1.82, 2.24) is 0 Å². The molecule has 1 aliphatic heterocycles. The first-order valence-electron chi connectivity index (χ1n) is 7.46. The Labute approximate surface area is 124 Å². The van der Waals surface area contributed by atoms with Crippen LogP contribution in [0, 0.1) is 5.82 Å². The minimum atomic E-state index is -0.237. The predicted molar refractivity (Wildman–Crippen MR) is 86.2 cm³/mol. The second kappa shape index (κ2) is 6.53. The van der Waals surface area contributed by atoms with Gasteiger partial charge in [-0.3, -0.25) is 4.99 Å². The van der Waals surface area contributed by atoms with Gasteiger partial charge in [-0.1, -0.05) is 12.1 Å². The zero-order valence-electron chi connectivity index (χ0n) is 12.0. The summed E-state index contributed by atoms with van der Waals surface area (Å²) in [6.45, 7) is 2.29. The van der Waals surface area contributed by atoms with Crippen LogP contribution in [0.25, 0.3) is 0 Å². The maximum absolute atomic E-state index is 13.1. The molecule has 0 bridgehead atoms. The average molecular weight is 282 g/mol. The van der Waals surface area contributed by atoms with E-state index < -0.39 is 0 Å². The van der Waals surface area contributed by atoms with Crippen LogP contribution in [-0.2, 0) is 0 Å². The number of rotatable bonds is 3. The Morgan fingerprint density at radius 1 is 0.952 bits per heavy atom. The highest BCUT2D eigenvalue weighted by Gasteiger charge is 2.10. The predicted octanol–water partition coefficient (Wildman–Crippen LogP) is 4.57. The molecule has 1 heterocycles. The van der Waals surface area contributed by atoms with Gasteiger partial charge >= 0.3 is 0 Å². The molecule has 0 radical (unpaired) electrons. The molecule has 2 nitrogen and oxygen atoms in total. The maximum atomic E-state index is 13.1. The summed E-state index contributed by atoms with van der Waals surface area (Å²) in [4.78, 5) is 6.81. The lowest BCUT2D eigenvalue weighted by molar-refractivity contribution is 0.578. The van der Waals surface area contributed by atoms with Gasteiger partial charge in [0.15, 0.2) is 0 Å². The number of hydrogen-bond acceptors (Lipinski definition) is 2. The SMILES string of the molecule is Fc1cccc(C=Nc2ccc(N3CCCCC3)cc2)c1. The largest absolute Gasteiger partial charge is 0.372 e. The number of hydrogen-bond donors (Lipinski definition) is 0. The van der Waals surface area contributed by atoms with Crippen molar-refractivity contribution in [2.24, 2.45) is 4.99 Å². The van der Waals surface area contributed by atoms with Crippen molar-refractivity contribution >= 4 is 17.6 Å². The van der Waals surface area contributed by atoms with Gasteiger partial charge in [0.05, 0.1) is 5.69 Å². The van der Waals surface area contributed by atoms with Crippen LogP contribution in [-0.4, -0.2) is 19.3 Å². The van der Waals surface area contributed by atoms with Gasteiger partial charge in [-0.05, 0) is 61.2 Å². The Hall–Kier alpha value is -2.16. The van der Waals surface area contributed by atoms with Crippen molar-refractivity contribution in [3.05, 3.63) is 59.9 Å². The van der Waals surface area contributed by atoms with E-state index in [1.165, 1.54) is 37.1 Å². The zero-order chi connectivity index (χ0) is 14.5. The number of benzene rings is 2. The molecule has 0 saturated carbocycles. The minimum absolute atomic E-state index is 0.237. The van der Waals surface area contributed by atoms with E-state index in [0.717, 1.165) is 24.3 Å². The first-order chi connectivity index (χ1) is 10.3. The topological polar surface area (TPSA) is 15.6 Å². The van der Waals surface area contributed by atoms with Gasteiger partial charge in [0.2, 0.25) is 0 Å². The Kier molecular flexibility index (Phi) is 4.29. The smallest absolute Gasteiger partial charge is 0.123 e. The van der Waals surface area contributed by atoms with Gasteiger partial charge in [-0.25, -0.2) is 4.39 Å². The van der Waals surface area contributed by atoms with Crippen LogP contribution in [0.2, 0.25) is 0 Å². The molecule has 3 heteroatoms. The first kappa shape index (κ1) is 13.8. The highest BCUT2D eigenvalue weighted by Crippen LogP contribution is 2.22. The van der Waals surface area contributed by atoms with Crippen LogP contribution in [0.1, 0.15) is 24.8 Å². The number of nitrogens with zero attached hydrogens (tertiary/aromatic N) is 2. The molecule has 0 amide bonds. The zero-order valence-corrected chi connectivity index (χ0v) is 12.0. The van der Waals surface area contributed by atoms with E-state index in [2.05, 4.69) is 22.0 Å². The molecule has 108 valence electrons. The second-order valence-electron chi connectivity index (χ2n) is 5.38. The van der Waals surface area contributed by atoms with Crippen LogP contribution in [0.4, 0.5) is 15.8 Å². The van der Waals surface area contributed by atoms with Gasteiger partial charge in [-0.15, -0.1) is 0 Å². The Balaban J connectivity index is 1.69. The summed E-state index contributed by atoms with van der Waals surface area (Å²) in [5, 5.41) is 0. The molecule has 0 unspecified atom stereocenters. The summed E-state index contributed by atoms with van der Waals surface area (Å²) in [6.07, 6.45) is 5.59. The highest BCUT2D eigenvalue weighted by atomic mass is 19.1. The molecule has 3 rings (SSSR count). The molecule has 21 heavy (non-hydrogen) atoms. The molecule has 2 aromatic carbocycles. The molecule has 0 aliphatic carbocycles. The van der Waals surface area contributed by atoms with Crippen molar-refractivity contribution in [3.63, 3.8) is 0 Å². The molecule has 0 spiro atoms. The summed E-state index contributed by atoms with van der Waals surface area (Å²) < 4.78 is 13.1. The summed E-state index contributed by atoms with van der Waals surface area (Å²) in [6, 6.07) is 14.7. The second-order valence-corrected chi connectivity index (χ2v) is 5.38. The highest BCUT2D eigenvalue weighted by molar-refractivity contribution is 5.82. The quantitative estimate of drug-likeness (QED) is 0.753. The molecule has 1 saturated heterocycles. The average Bonchev–Trinajstić information content (AvgIpc) is 2.54. The first-order valence-corrected chi connectivity index (χ1v) is 7.46. The fourth-order valence-corrected chi connectivity index (χ4v) is 2.64. The van der Waals surface area contributed by atoms with Gasteiger partial charge < -0.3 is 4.90 Å². The number of halogens is 1. The fourth-order valence-electron chi connectivity index (χ4n) is 2.64. The molecule has 1 fully saturated rings. The van der Waals surface area contributed by atoms with E-state index in [-0.39, 0.29) is 5.82 Å². The number of aliphatic imine (C=N–C) groups is 1. The molecule has 0 N–H and O–H groups in total. The van der Waals surface area contributed by atoms with Crippen LogP contribution in [0.5, 0.6) is 0 Å². The Morgan fingerprint density at radius 2 is 1.71 bits per heavy atom. The summed E-state index contributed by atoms with van der Waals surface area (Å²) in [5.41, 5.74) is 2.93. The van der Waals surface area contributed by atoms with E-state index in [0.29, 0.717) is 0 Å².